The van der Waals surface area contributed by atoms with E-state index in [9.17, 15) is 18.0 Å². The van der Waals surface area contributed by atoms with E-state index in [1.54, 1.807) is 0 Å². The molecule has 0 spiro atoms. The van der Waals surface area contributed by atoms with Crippen LogP contribution in [-0.4, -0.2) is 36.6 Å². The lowest BCUT2D eigenvalue weighted by Crippen LogP contribution is -2.13. The van der Waals surface area contributed by atoms with Gasteiger partial charge in [-0.1, -0.05) is 0 Å². The van der Waals surface area contributed by atoms with E-state index in [1.165, 1.54) is 6.92 Å². The summed E-state index contributed by atoms with van der Waals surface area (Å²) in [7, 11) is -3.54. The lowest BCUT2D eigenvalue weighted by Gasteiger charge is -2.06. The van der Waals surface area contributed by atoms with Gasteiger partial charge < -0.3 is 10.4 Å². The summed E-state index contributed by atoms with van der Waals surface area (Å²) in [6.07, 6.45) is 1.93. The van der Waals surface area contributed by atoms with Crippen molar-refractivity contribution in [1.29, 1.82) is 0 Å². The van der Waals surface area contributed by atoms with Gasteiger partial charge in [-0.15, -0.1) is 0 Å². The predicted molar refractivity (Wildman–Crippen MR) is 58.6 cm³/mol. The number of carbonyl (C=O) groups excluding carboxylic acids is 1. The molecule has 0 bridgehead atoms. The van der Waals surface area contributed by atoms with Crippen LogP contribution in [0.2, 0.25) is 0 Å². The van der Waals surface area contributed by atoms with Crippen LogP contribution in [0.4, 0.5) is 5.82 Å². The van der Waals surface area contributed by atoms with Gasteiger partial charge in [0.15, 0.2) is 9.84 Å². The third-order valence-electron chi connectivity index (χ3n) is 1.82. The van der Waals surface area contributed by atoms with Crippen LogP contribution in [0.15, 0.2) is 17.2 Å². The second-order valence-corrected chi connectivity index (χ2v) is 5.34. The molecule has 0 radical (unpaired) electrons. The number of nitrogens with one attached hydrogen (secondary N) is 1. The Hall–Kier alpha value is -1.96. The number of amides is 1. The molecule has 0 saturated carbocycles. The van der Waals surface area contributed by atoms with Crippen molar-refractivity contribution in [2.24, 2.45) is 0 Å². The zero-order chi connectivity index (χ0) is 13.2. The van der Waals surface area contributed by atoms with Crippen LogP contribution in [0.3, 0.4) is 0 Å². The van der Waals surface area contributed by atoms with Gasteiger partial charge in [0.2, 0.25) is 5.91 Å². The van der Waals surface area contributed by atoms with Crippen molar-refractivity contribution >= 4 is 27.5 Å². The van der Waals surface area contributed by atoms with Crippen LogP contribution in [0.5, 0.6) is 0 Å². The molecule has 1 aromatic rings. The molecule has 0 aliphatic carbocycles. The first-order valence-electron chi connectivity index (χ1n) is 4.43. The van der Waals surface area contributed by atoms with Crippen LogP contribution >= 0.6 is 0 Å². The van der Waals surface area contributed by atoms with Crippen molar-refractivity contribution < 1.29 is 23.1 Å². The summed E-state index contributed by atoms with van der Waals surface area (Å²) in [5, 5.41) is 11.1. The van der Waals surface area contributed by atoms with Gasteiger partial charge in [-0.2, -0.15) is 0 Å². The summed E-state index contributed by atoms with van der Waals surface area (Å²) in [6.45, 7) is 1.19. The zero-order valence-electron chi connectivity index (χ0n) is 9.09. The van der Waals surface area contributed by atoms with E-state index in [-0.39, 0.29) is 16.3 Å². The Morgan fingerprint density at radius 3 is 2.41 bits per heavy atom. The van der Waals surface area contributed by atoms with Gasteiger partial charge in [0, 0.05) is 19.4 Å². The second-order valence-electron chi connectivity index (χ2n) is 3.33. The number of carboxylic acids is 1. The third kappa shape index (κ3) is 3.25. The van der Waals surface area contributed by atoms with Gasteiger partial charge in [0.25, 0.3) is 0 Å². The van der Waals surface area contributed by atoms with Crippen molar-refractivity contribution in [3.8, 4) is 0 Å². The van der Waals surface area contributed by atoms with E-state index in [4.69, 9.17) is 5.11 Å². The van der Waals surface area contributed by atoms with Gasteiger partial charge in [-0.25, -0.2) is 18.2 Å². The number of hydrogen-bond donors (Lipinski definition) is 2. The zero-order valence-corrected chi connectivity index (χ0v) is 9.91. The summed E-state index contributed by atoms with van der Waals surface area (Å²) in [6, 6.07) is 0.954. The SMILES string of the molecule is CC(=O)Nc1ncc(S(C)(=O)=O)cc1C(=O)O. The number of carbonyl (C=O) groups is 2. The van der Waals surface area contributed by atoms with Crippen molar-refractivity contribution in [3.05, 3.63) is 17.8 Å². The minimum atomic E-state index is -3.54. The Labute approximate surface area is 97.4 Å². The van der Waals surface area contributed by atoms with E-state index in [1.807, 2.05) is 0 Å². The normalized spacial score (nSPS) is 10.9. The van der Waals surface area contributed by atoms with Crippen LogP contribution in [0.1, 0.15) is 17.3 Å². The Morgan fingerprint density at radius 1 is 1.41 bits per heavy atom. The fourth-order valence-electron chi connectivity index (χ4n) is 1.08. The molecule has 0 unspecified atom stereocenters. The molecule has 17 heavy (non-hydrogen) atoms. The molecule has 0 aliphatic heterocycles. The van der Waals surface area contributed by atoms with Crippen molar-refractivity contribution in [2.45, 2.75) is 11.8 Å². The van der Waals surface area contributed by atoms with Crippen molar-refractivity contribution in [2.75, 3.05) is 11.6 Å². The summed E-state index contributed by atoms with van der Waals surface area (Å²) < 4.78 is 22.4. The number of carboxylic acid groups (broad SMARTS) is 1. The number of hydrogen-bond acceptors (Lipinski definition) is 5. The Bertz CT molecular complexity index is 579. The van der Waals surface area contributed by atoms with E-state index in [2.05, 4.69) is 10.3 Å². The van der Waals surface area contributed by atoms with E-state index >= 15 is 0 Å². The summed E-state index contributed by atoms with van der Waals surface area (Å²) in [5.74, 6) is -2.05. The summed E-state index contributed by atoms with van der Waals surface area (Å²) >= 11 is 0. The predicted octanol–water partition coefficient (Wildman–Crippen LogP) is 0.142. The van der Waals surface area contributed by atoms with Crippen molar-refractivity contribution in [3.63, 3.8) is 0 Å². The first kappa shape index (κ1) is 13.1. The Morgan fingerprint density at radius 2 is 2.00 bits per heavy atom. The monoisotopic (exact) mass is 258 g/mol. The highest BCUT2D eigenvalue weighted by Crippen LogP contribution is 2.17. The van der Waals surface area contributed by atoms with E-state index in [0.29, 0.717) is 0 Å². The molecule has 0 aliphatic rings. The van der Waals surface area contributed by atoms with Gasteiger partial charge >= 0.3 is 5.97 Å². The lowest BCUT2D eigenvalue weighted by atomic mass is 10.2. The van der Waals surface area contributed by atoms with Crippen LogP contribution in [0, 0.1) is 0 Å². The first-order valence-corrected chi connectivity index (χ1v) is 6.32. The number of anilines is 1. The Balaban J connectivity index is 3.37. The molecule has 0 saturated heterocycles. The standard InChI is InChI=1S/C9H10N2O5S/c1-5(12)11-8-7(9(13)14)3-6(4-10-8)17(2,15)16/h3-4H,1-2H3,(H,13,14)(H,10,11,12). The number of aromatic nitrogens is 1. The molecule has 2 N–H and O–H groups in total. The topological polar surface area (TPSA) is 113 Å². The minimum Gasteiger partial charge on any atom is -0.478 e. The third-order valence-corrected chi connectivity index (χ3v) is 2.90. The highest BCUT2D eigenvalue weighted by Gasteiger charge is 2.17. The number of aromatic carboxylic acids is 1. The molecule has 0 fully saturated rings. The van der Waals surface area contributed by atoms with Gasteiger partial charge in [0.1, 0.15) is 11.4 Å². The second kappa shape index (κ2) is 4.50. The molecule has 8 heteroatoms. The summed E-state index contributed by atoms with van der Waals surface area (Å²) in [4.78, 5) is 25.1. The van der Waals surface area contributed by atoms with Gasteiger partial charge in [-0.3, -0.25) is 4.79 Å². The Kier molecular flexibility index (Phi) is 3.47. The molecule has 0 aromatic carbocycles. The lowest BCUT2D eigenvalue weighted by molar-refractivity contribution is -0.114. The van der Waals surface area contributed by atoms with E-state index < -0.39 is 21.7 Å². The van der Waals surface area contributed by atoms with Gasteiger partial charge in [-0.05, 0) is 6.07 Å². The molecular weight excluding hydrogens is 248 g/mol. The quantitative estimate of drug-likeness (QED) is 0.797. The highest BCUT2D eigenvalue weighted by atomic mass is 32.2. The number of sulfone groups is 1. The molecular formula is C9H10N2O5S. The highest BCUT2D eigenvalue weighted by molar-refractivity contribution is 7.90. The van der Waals surface area contributed by atoms with Gasteiger partial charge in [0.05, 0.1) is 4.90 Å². The molecule has 1 rings (SSSR count). The van der Waals surface area contributed by atoms with Crippen molar-refractivity contribution in [1.82, 2.24) is 4.98 Å². The smallest absolute Gasteiger partial charge is 0.339 e. The molecule has 92 valence electrons. The fourth-order valence-corrected chi connectivity index (χ4v) is 1.65. The average molecular weight is 258 g/mol. The summed E-state index contributed by atoms with van der Waals surface area (Å²) in [5.41, 5.74) is -0.372. The maximum Gasteiger partial charge on any atom is 0.339 e. The largest absolute Gasteiger partial charge is 0.478 e. The molecule has 1 amide bonds. The maximum atomic E-state index is 11.2. The molecule has 1 heterocycles. The maximum absolute atomic E-state index is 11.2. The number of rotatable bonds is 3. The average Bonchev–Trinajstić information content (AvgIpc) is 2.15. The number of pyridine rings is 1. The molecule has 1 aromatic heterocycles. The van der Waals surface area contributed by atoms with E-state index in [0.717, 1.165) is 18.5 Å². The minimum absolute atomic E-state index is 0.183. The molecule has 0 atom stereocenters. The van der Waals surface area contributed by atoms with Crippen LogP contribution in [-0.2, 0) is 14.6 Å². The van der Waals surface area contributed by atoms with Crippen LogP contribution in [0.25, 0.3) is 0 Å². The fraction of sp³-hybridized carbons (Fsp3) is 0.222. The molecule has 7 nitrogen and oxygen atoms in total. The van der Waals surface area contributed by atoms with Crippen LogP contribution < -0.4 is 5.32 Å². The number of nitrogens with zero attached hydrogens (tertiary/aromatic N) is 1. The first-order chi connectivity index (χ1) is 7.71.